The molecule has 9 heteroatoms. The molecule has 1 fully saturated rings. The maximum atomic E-state index is 11.8. The number of rotatable bonds is 6. The summed E-state index contributed by atoms with van der Waals surface area (Å²) in [6, 6.07) is 0. The Labute approximate surface area is 177 Å². The number of thiazole rings is 1. The lowest BCUT2D eigenvalue weighted by Gasteiger charge is -2.35. The normalized spacial score (nSPS) is 14.8. The van der Waals surface area contributed by atoms with Crippen LogP contribution in [0.15, 0.2) is 10.4 Å². The van der Waals surface area contributed by atoms with Crippen LogP contribution in [-0.2, 0) is 11.2 Å². The maximum Gasteiger partial charge on any atom is 0.409 e. The Balaban J connectivity index is 0.00000338. The van der Waals surface area contributed by atoms with Gasteiger partial charge in [0.25, 0.3) is 0 Å². The SMILES string of the molecule is CCNC(=NCCCc1nc(C)cs1)N1CCN(C(=O)OCC)CC1.I. The number of hydrogen-bond acceptors (Lipinski definition) is 5. The number of halogens is 1. The van der Waals surface area contributed by atoms with E-state index >= 15 is 0 Å². The van der Waals surface area contributed by atoms with Gasteiger partial charge < -0.3 is 19.9 Å². The van der Waals surface area contributed by atoms with Gasteiger partial charge in [0.1, 0.15) is 0 Å². The van der Waals surface area contributed by atoms with E-state index in [4.69, 9.17) is 9.73 Å². The first-order valence-corrected chi connectivity index (χ1v) is 9.88. The zero-order valence-corrected chi connectivity index (χ0v) is 19.0. The molecule has 0 spiro atoms. The molecule has 7 nitrogen and oxygen atoms in total. The van der Waals surface area contributed by atoms with Crippen LogP contribution >= 0.6 is 35.3 Å². The zero-order valence-electron chi connectivity index (χ0n) is 15.9. The minimum atomic E-state index is -0.220. The standard InChI is InChI=1S/C17H29N5O2S.HI/c1-4-18-16(19-8-6-7-15-20-14(3)13-25-15)21-9-11-22(12-10-21)17(23)24-5-2;/h13H,4-12H2,1-3H3,(H,18,19);1H. The number of amides is 1. The van der Waals surface area contributed by atoms with Crippen molar-refractivity contribution in [1.82, 2.24) is 20.1 Å². The van der Waals surface area contributed by atoms with Gasteiger partial charge in [-0.05, 0) is 27.2 Å². The highest BCUT2D eigenvalue weighted by atomic mass is 127. The van der Waals surface area contributed by atoms with Crippen molar-refractivity contribution in [3.63, 3.8) is 0 Å². The van der Waals surface area contributed by atoms with Crippen molar-refractivity contribution < 1.29 is 9.53 Å². The maximum absolute atomic E-state index is 11.8. The van der Waals surface area contributed by atoms with Crippen LogP contribution in [0.5, 0.6) is 0 Å². The Morgan fingerprint density at radius 2 is 2.00 bits per heavy atom. The second-order valence-electron chi connectivity index (χ2n) is 5.89. The molecule has 1 aliphatic rings. The lowest BCUT2D eigenvalue weighted by molar-refractivity contribution is 0.0914. The van der Waals surface area contributed by atoms with Gasteiger partial charge in [-0.3, -0.25) is 4.99 Å². The van der Waals surface area contributed by atoms with E-state index in [0.29, 0.717) is 19.7 Å². The molecular formula is C17H30IN5O2S. The molecule has 1 aromatic rings. The number of carbonyl (C=O) groups is 1. The quantitative estimate of drug-likeness (QED) is 0.285. The summed E-state index contributed by atoms with van der Waals surface area (Å²) in [5, 5.41) is 6.62. The molecule has 0 atom stereocenters. The number of aromatic nitrogens is 1. The van der Waals surface area contributed by atoms with Crippen LogP contribution < -0.4 is 5.32 Å². The number of aryl methyl sites for hydroxylation is 2. The summed E-state index contributed by atoms with van der Waals surface area (Å²) in [5.41, 5.74) is 1.09. The van der Waals surface area contributed by atoms with Gasteiger partial charge in [0, 0.05) is 56.8 Å². The van der Waals surface area contributed by atoms with E-state index in [1.54, 1.807) is 16.2 Å². The molecule has 2 rings (SSSR count). The zero-order chi connectivity index (χ0) is 18.1. The number of ether oxygens (including phenoxy) is 1. The van der Waals surface area contributed by atoms with Gasteiger partial charge >= 0.3 is 6.09 Å². The van der Waals surface area contributed by atoms with Crippen molar-refractivity contribution in [2.45, 2.75) is 33.6 Å². The van der Waals surface area contributed by atoms with Crippen LogP contribution in [0.4, 0.5) is 4.79 Å². The summed E-state index contributed by atoms with van der Waals surface area (Å²) in [6.07, 6.45) is 1.74. The lowest BCUT2D eigenvalue weighted by Crippen LogP contribution is -2.53. The fraction of sp³-hybridized carbons (Fsp3) is 0.706. The highest BCUT2D eigenvalue weighted by Crippen LogP contribution is 2.11. The summed E-state index contributed by atoms with van der Waals surface area (Å²) >= 11 is 1.72. The van der Waals surface area contributed by atoms with Gasteiger partial charge in [0.15, 0.2) is 5.96 Å². The first kappa shape index (κ1) is 22.9. The van der Waals surface area contributed by atoms with E-state index in [1.807, 2.05) is 13.8 Å². The van der Waals surface area contributed by atoms with Crippen LogP contribution in [0.25, 0.3) is 0 Å². The Hall–Kier alpha value is -1.10. The van der Waals surface area contributed by atoms with Crippen molar-refractivity contribution in [3.05, 3.63) is 16.1 Å². The number of nitrogens with one attached hydrogen (secondary N) is 1. The number of guanidine groups is 1. The molecule has 1 saturated heterocycles. The second-order valence-corrected chi connectivity index (χ2v) is 6.84. The van der Waals surface area contributed by atoms with Crippen molar-refractivity contribution in [2.75, 3.05) is 45.9 Å². The van der Waals surface area contributed by atoms with E-state index in [9.17, 15) is 4.79 Å². The number of carbonyl (C=O) groups excluding carboxylic acids is 1. The first-order valence-electron chi connectivity index (χ1n) is 9.00. The van der Waals surface area contributed by atoms with Crippen molar-refractivity contribution in [3.8, 4) is 0 Å². The van der Waals surface area contributed by atoms with E-state index < -0.39 is 0 Å². The summed E-state index contributed by atoms with van der Waals surface area (Å²) < 4.78 is 5.07. The van der Waals surface area contributed by atoms with E-state index in [0.717, 1.165) is 50.7 Å². The lowest BCUT2D eigenvalue weighted by atomic mass is 10.3. The number of nitrogens with zero attached hydrogens (tertiary/aromatic N) is 4. The molecule has 1 aromatic heterocycles. The van der Waals surface area contributed by atoms with Crippen molar-refractivity contribution in [1.29, 1.82) is 0 Å². The fourth-order valence-corrected chi connectivity index (χ4v) is 3.49. The average Bonchev–Trinajstić information content (AvgIpc) is 3.03. The average molecular weight is 495 g/mol. The highest BCUT2D eigenvalue weighted by Gasteiger charge is 2.23. The molecule has 0 bridgehead atoms. The van der Waals surface area contributed by atoms with Crippen LogP contribution in [0.3, 0.4) is 0 Å². The monoisotopic (exact) mass is 495 g/mol. The Bertz CT molecular complexity index is 573. The molecule has 148 valence electrons. The number of piperazine rings is 1. The van der Waals surface area contributed by atoms with Gasteiger partial charge in [-0.1, -0.05) is 0 Å². The topological polar surface area (TPSA) is 70.1 Å². The minimum absolute atomic E-state index is 0. The summed E-state index contributed by atoms with van der Waals surface area (Å²) in [4.78, 5) is 25.0. The predicted octanol–water partition coefficient (Wildman–Crippen LogP) is 2.74. The van der Waals surface area contributed by atoms with E-state index in [-0.39, 0.29) is 30.1 Å². The fourth-order valence-electron chi connectivity index (χ4n) is 2.67. The van der Waals surface area contributed by atoms with Crippen molar-refractivity contribution >= 4 is 47.4 Å². The van der Waals surface area contributed by atoms with Crippen LogP contribution in [-0.4, -0.2) is 72.7 Å². The van der Waals surface area contributed by atoms with Gasteiger partial charge in [-0.15, -0.1) is 35.3 Å². The minimum Gasteiger partial charge on any atom is -0.450 e. The predicted molar refractivity (Wildman–Crippen MR) is 117 cm³/mol. The second kappa shape index (κ2) is 12.3. The number of aliphatic imine (C=N–C) groups is 1. The van der Waals surface area contributed by atoms with Crippen LogP contribution in [0.2, 0.25) is 0 Å². The molecule has 1 amide bonds. The largest absolute Gasteiger partial charge is 0.450 e. The Morgan fingerprint density at radius 3 is 2.58 bits per heavy atom. The van der Waals surface area contributed by atoms with Gasteiger partial charge in [-0.25, -0.2) is 9.78 Å². The molecule has 0 aromatic carbocycles. The summed E-state index contributed by atoms with van der Waals surface area (Å²) in [6.45, 7) is 10.8. The number of hydrogen-bond donors (Lipinski definition) is 1. The third-order valence-electron chi connectivity index (χ3n) is 3.92. The van der Waals surface area contributed by atoms with Crippen molar-refractivity contribution in [2.24, 2.45) is 4.99 Å². The molecule has 1 N–H and O–H groups in total. The van der Waals surface area contributed by atoms with Crippen LogP contribution in [0, 0.1) is 6.92 Å². The first-order chi connectivity index (χ1) is 12.1. The molecule has 0 saturated carbocycles. The molecule has 0 radical (unpaired) electrons. The third-order valence-corrected chi connectivity index (χ3v) is 4.94. The van der Waals surface area contributed by atoms with E-state index in [2.05, 4.69) is 27.5 Å². The molecule has 0 unspecified atom stereocenters. The molecule has 26 heavy (non-hydrogen) atoms. The summed E-state index contributed by atoms with van der Waals surface area (Å²) in [5.74, 6) is 0.932. The van der Waals surface area contributed by atoms with E-state index in [1.165, 1.54) is 5.01 Å². The Morgan fingerprint density at radius 1 is 1.31 bits per heavy atom. The molecular weight excluding hydrogens is 465 g/mol. The molecule has 0 aliphatic carbocycles. The van der Waals surface area contributed by atoms with Gasteiger partial charge in [0.05, 0.1) is 11.6 Å². The highest BCUT2D eigenvalue weighted by molar-refractivity contribution is 14.0. The Kier molecular flexibility index (Phi) is 10.9. The summed E-state index contributed by atoms with van der Waals surface area (Å²) in [7, 11) is 0. The third kappa shape index (κ3) is 7.26. The molecule has 1 aliphatic heterocycles. The molecule has 2 heterocycles. The van der Waals surface area contributed by atoms with Gasteiger partial charge in [0.2, 0.25) is 0 Å². The smallest absolute Gasteiger partial charge is 0.409 e. The van der Waals surface area contributed by atoms with Gasteiger partial charge in [-0.2, -0.15) is 0 Å². The van der Waals surface area contributed by atoms with Crippen LogP contribution in [0.1, 0.15) is 31.0 Å².